The van der Waals surface area contributed by atoms with Crippen LogP contribution in [0.4, 0.5) is 4.79 Å². The molecule has 1 aliphatic heterocycles. The minimum Gasteiger partial charge on any atom is -0.351 e. The van der Waals surface area contributed by atoms with Crippen molar-refractivity contribution in [3.63, 3.8) is 0 Å². The molecule has 0 saturated carbocycles. The van der Waals surface area contributed by atoms with Crippen LogP contribution in [0.15, 0.2) is 0 Å². The van der Waals surface area contributed by atoms with Crippen LogP contribution >= 0.6 is 0 Å². The number of hydrogen-bond acceptors (Lipinski definition) is 2. The first-order valence-corrected chi connectivity index (χ1v) is 6.15. The molecule has 0 spiro atoms. The van der Waals surface area contributed by atoms with Gasteiger partial charge in [0.1, 0.15) is 0 Å². The number of nitrogens with zero attached hydrogens (tertiary/aromatic N) is 2. The van der Waals surface area contributed by atoms with E-state index in [1.807, 2.05) is 0 Å². The van der Waals surface area contributed by atoms with Crippen molar-refractivity contribution >= 4 is 6.03 Å². The Labute approximate surface area is 98.8 Å². The zero-order valence-electron chi connectivity index (χ0n) is 10.8. The van der Waals surface area contributed by atoms with Crippen molar-refractivity contribution in [2.45, 2.75) is 33.6 Å². The Balaban J connectivity index is 2.15. The zero-order chi connectivity index (χ0) is 12.2. The van der Waals surface area contributed by atoms with E-state index >= 15 is 0 Å². The molecule has 0 atom stereocenters. The highest BCUT2D eigenvalue weighted by Crippen LogP contribution is 2.20. The first-order valence-electron chi connectivity index (χ1n) is 6.15. The van der Waals surface area contributed by atoms with Gasteiger partial charge in [-0.2, -0.15) is 0 Å². The lowest BCUT2D eigenvalue weighted by Crippen LogP contribution is -2.50. The summed E-state index contributed by atoms with van der Waals surface area (Å²) in [5.41, 5.74) is 5.66. The molecule has 0 aromatic carbocycles. The van der Waals surface area contributed by atoms with Crippen molar-refractivity contribution in [3.05, 3.63) is 0 Å². The van der Waals surface area contributed by atoms with Gasteiger partial charge in [-0.05, 0) is 24.8 Å². The largest absolute Gasteiger partial charge is 0.351 e. The fourth-order valence-electron chi connectivity index (χ4n) is 2.02. The normalized spacial score (nSPS) is 18.8. The molecule has 1 aliphatic rings. The third kappa shape index (κ3) is 4.84. The van der Waals surface area contributed by atoms with Gasteiger partial charge in [0.15, 0.2) is 0 Å². The SMILES string of the molecule is CC(C)(C)CCCN1CCN(C(N)=O)CC1. The van der Waals surface area contributed by atoms with Crippen LogP contribution in [-0.4, -0.2) is 48.6 Å². The molecule has 0 bridgehead atoms. The van der Waals surface area contributed by atoms with Crippen LogP contribution in [0.25, 0.3) is 0 Å². The fourth-order valence-corrected chi connectivity index (χ4v) is 2.02. The van der Waals surface area contributed by atoms with Crippen LogP contribution in [0.5, 0.6) is 0 Å². The Morgan fingerprint density at radius 2 is 1.75 bits per heavy atom. The molecule has 2 N–H and O–H groups in total. The number of primary amides is 1. The van der Waals surface area contributed by atoms with E-state index in [4.69, 9.17) is 5.73 Å². The molecule has 0 radical (unpaired) electrons. The Kier molecular flexibility index (Phi) is 4.59. The summed E-state index contributed by atoms with van der Waals surface area (Å²) >= 11 is 0. The van der Waals surface area contributed by atoms with Gasteiger partial charge in [0.05, 0.1) is 0 Å². The van der Waals surface area contributed by atoms with Crippen molar-refractivity contribution in [1.29, 1.82) is 0 Å². The average molecular weight is 227 g/mol. The smallest absolute Gasteiger partial charge is 0.314 e. The van der Waals surface area contributed by atoms with Crippen molar-refractivity contribution in [1.82, 2.24) is 9.80 Å². The van der Waals surface area contributed by atoms with Crippen molar-refractivity contribution in [3.8, 4) is 0 Å². The lowest BCUT2D eigenvalue weighted by molar-refractivity contribution is 0.140. The summed E-state index contributed by atoms with van der Waals surface area (Å²) in [6, 6.07) is -0.283. The average Bonchev–Trinajstić information content (AvgIpc) is 2.16. The topological polar surface area (TPSA) is 49.6 Å². The zero-order valence-corrected chi connectivity index (χ0v) is 10.8. The van der Waals surface area contributed by atoms with Crippen LogP contribution in [0.2, 0.25) is 0 Å². The van der Waals surface area contributed by atoms with Crippen LogP contribution < -0.4 is 5.73 Å². The Morgan fingerprint density at radius 1 is 1.19 bits per heavy atom. The van der Waals surface area contributed by atoms with E-state index in [9.17, 15) is 4.79 Å². The minimum absolute atomic E-state index is 0.283. The number of amides is 2. The number of urea groups is 1. The van der Waals surface area contributed by atoms with Gasteiger partial charge in [0.25, 0.3) is 0 Å². The first-order chi connectivity index (χ1) is 7.38. The van der Waals surface area contributed by atoms with Crippen LogP contribution in [-0.2, 0) is 0 Å². The summed E-state index contributed by atoms with van der Waals surface area (Å²) in [5.74, 6) is 0. The van der Waals surface area contributed by atoms with E-state index in [0.717, 1.165) is 32.7 Å². The second kappa shape index (κ2) is 5.53. The molecule has 16 heavy (non-hydrogen) atoms. The first kappa shape index (κ1) is 13.3. The monoisotopic (exact) mass is 227 g/mol. The second-order valence-corrected chi connectivity index (χ2v) is 5.83. The van der Waals surface area contributed by atoms with E-state index in [-0.39, 0.29) is 6.03 Å². The van der Waals surface area contributed by atoms with E-state index in [1.165, 1.54) is 12.8 Å². The summed E-state index contributed by atoms with van der Waals surface area (Å²) in [6.07, 6.45) is 2.49. The molecule has 1 heterocycles. The van der Waals surface area contributed by atoms with Crippen molar-refractivity contribution < 1.29 is 4.79 Å². The number of nitrogens with two attached hydrogens (primary N) is 1. The molecule has 1 saturated heterocycles. The molecule has 1 fully saturated rings. The molecular weight excluding hydrogens is 202 g/mol. The molecule has 1 rings (SSSR count). The molecule has 0 aromatic heterocycles. The van der Waals surface area contributed by atoms with E-state index in [0.29, 0.717) is 5.41 Å². The van der Waals surface area contributed by atoms with Crippen LogP contribution in [0, 0.1) is 5.41 Å². The number of rotatable bonds is 3. The van der Waals surface area contributed by atoms with Crippen molar-refractivity contribution in [2.75, 3.05) is 32.7 Å². The molecule has 0 aromatic rings. The second-order valence-electron chi connectivity index (χ2n) is 5.83. The summed E-state index contributed by atoms with van der Waals surface area (Å²) in [6.45, 7) is 11.5. The highest BCUT2D eigenvalue weighted by molar-refractivity contribution is 5.72. The van der Waals surface area contributed by atoms with Gasteiger partial charge in [0, 0.05) is 26.2 Å². The third-order valence-corrected chi connectivity index (χ3v) is 3.09. The van der Waals surface area contributed by atoms with Gasteiger partial charge in [-0.25, -0.2) is 4.79 Å². The Morgan fingerprint density at radius 3 is 2.19 bits per heavy atom. The standard InChI is InChI=1S/C12H25N3O/c1-12(2,3)5-4-6-14-7-9-15(10-8-14)11(13)16/h4-10H2,1-3H3,(H2,13,16). The number of carbonyl (C=O) groups is 1. The van der Waals surface area contributed by atoms with Gasteiger partial charge >= 0.3 is 6.03 Å². The van der Waals surface area contributed by atoms with E-state index < -0.39 is 0 Å². The predicted molar refractivity (Wildman–Crippen MR) is 66.3 cm³/mol. The van der Waals surface area contributed by atoms with Crippen molar-refractivity contribution in [2.24, 2.45) is 11.1 Å². The van der Waals surface area contributed by atoms with E-state index in [2.05, 4.69) is 25.7 Å². The maximum atomic E-state index is 10.9. The van der Waals surface area contributed by atoms with Gasteiger partial charge < -0.3 is 10.6 Å². The maximum Gasteiger partial charge on any atom is 0.314 e. The fraction of sp³-hybridized carbons (Fsp3) is 0.917. The molecular formula is C12H25N3O. The molecule has 0 unspecified atom stereocenters. The lowest BCUT2D eigenvalue weighted by Gasteiger charge is -2.34. The van der Waals surface area contributed by atoms with Gasteiger partial charge in [0.2, 0.25) is 0 Å². The van der Waals surface area contributed by atoms with Gasteiger partial charge in [-0.15, -0.1) is 0 Å². The molecule has 0 aliphatic carbocycles. The quantitative estimate of drug-likeness (QED) is 0.794. The Bertz CT molecular complexity index is 227. The molecule has 4 heteroatoms. The highest BCUT2D eigenvalue weighted by atomic mass is 16.2. The van der Waals surface area contributed by atoms with Gasteiger partial charge in [-0.1, -0.05) is 20.8 Å². The summed E-state index contributed by atoms with van der Waals surface area (Å²) in [7, 11) is 0. The summed E-state index contributed by atoms with van der Waals surface area (Å²) in [4.78, 5) is 15.1. The number of carbonyl (C=O) groups excluding carboxylic acids is 1. The summed E-state index contributed by atoms with van der Waals surface area (Å²) < 4.78 is 0. The molecule has 2 amide bonds. The Hall–Kier alpha value is -0.770. The molecule has 4 nitrogen and oxygen atoms in total. The van der Waals surface area contributed by atoms with Crippen LogP contribution in [0.1, 0.15) is 33.6 Å². The number of piperazine rings is 1. The highest BCUT2D eigenvalue weighted by Gasteiger charge is 2.19. The third-order valence-electron chi connectivity index (χ3n) is 3.09. The van der Waals surface area contributed by atoms with Gasteiger partial charge in [-0.3, -0.25) is 4.90 Å². The van der Waals surface area contributed by atoms with Crippen LogP contribution in [0.3, 0.4) is 0 Å². The lowest BCUT2D eigenvalue weighted by atomic mass is 9.90. The number of hydrogen-bond donors (Lipinski definition) is 1. The maximum absolute atomic E-state index is 10.9. The summed E-state index contributed by atoms with van der Waals surface area (Å²) in [5, 5.41) is 0. The molecule has 94 valence electrons. The minimum atomic E-state index is -0.283. The predicted octanol–water partition coefficient (Wildman–Crippen LogP) is 1.51. The van der Waals surface area contributed by atoms with E-state index in [1.54, 1.807) is 4.90 Å².